The number of hydrogen-bond acceptors (Lipinski definition) is 4. The number of nitrogens with zero attached hydrogens (tertiary/aromatic N) is 2. The van der Waals surface area contributed by atoms with Crippen molar-refractivity contribution in [1.82, 2.24) is 15.6 Å². The highest BCUT2D eigenvalue weighted by molar-refractivity contribution is 5.96. The Labute approximate surface area is 157 Å². The van der Waals surface area contributed by atoms with E-state index in [2.05, 4.69) is 26.8 Å². The molecule has 2 N–H and O–H groups in total. The van der Waals surface area contributed by atoms with Crippen molar-refractivity contribution in [2.24, 2.45) is 5.10 Å². The third-order valence-electron chi connectivity index (χ3n) is 4.58. The summed E-state index contributed by atoms with van der Waals surface area (Å²) >= 11 is 0. The van der Waals surface area contributed by atoms with E-state index in [9.17, 15) is 4.79 Å². The molecule has 0 unspecified atom stereocenters. The van der Waals surface area contributed by atoms with Gasteiger partial charge in [0.05, 0.1) is 18.5 Å². The lowest BCUT2D eigenvalue weighted by Crippen LogP contribution is -2.20. The van der Waals surface area contributed by atoms with Gasteiger partial charge in [0.15, 0.2) is 0 Å². The summed E-state index contributed by atoms with van der Waals surface area (Å²) in [5.74, 6) is 0.522. The number of ether oxygens (including phenoxy) is 1. The first-order valence-electron chi connectivity index (χ1n) is 8.98. The van der Waals surface area contributed by atoms with E-state index >= 15 is 0 Å². The number of H-pyrrole nitrogens is 1. The van der Waals surface area contributed by atoms with Gasteiger partial charge in [-0.1, -0.05) is 24.3 Å². The van der Waals surface area contributed by atoms with E-state index in [1.165, 1.54) is 5.56 Å². The Bertz CT molecular complexity index is 990. The van der Waals surface area contributed by atoms with Crippen LogP contribution in [-0.4, -0.2) is 28.9 Å². The van der Waals surface area contributed by atoms with Gasteiger partial charge in [-0.3, -0.25) is 9.89 Å². The molecule has 1 aliphatic rings. The van der Waals surface area contributed by atoms with Crippen molar-refractivity contribution < 1.29 is 9.53 Å². The number of aromatic nitrogens is 2. The van der Waals surface area contributed by atoms with Crippen LogP contribution in [0.5, 0.6) is 5.75 Å². The molecule has 0 saturated heterocycles. The largest absolute Gasteiger partial charge is 0.494 e. The van der Waals surface area contributed by atoms with Crippen molar-refractivity contribution in [1.29, 1.82) is 0 Å². The number of amides is 1. The van der Waals surface area contributed by atoms with Crippen molar-refractivity contribution >= 4 is 12.1 Å². The molecule has 136 valence electrons. The molecular weight excluding hydrogens is 340 g/mol. The maximum absolute atomic E-state index is 12.5. The molecule has 0 saturated carbocycles. The number of rotatable bonds is 5. The van der Waals surface area contributed by atoms with Gasteiger partial charge in [-0.2, -0.15) is 10.2 Å². The molecule has 1 amide bonds. The highest BCUT2D eigenvalue weighted by Crippen LogP contribution is 2.33. The van der Waals surface area contributed by atoms with Crippen LogP contribution in [0.25, 0.3) is 11.3 Å². The van der Waals surface area contributed by atoms with Gasteiger partial charge in [-0.25, -0.2) is 5.43 Å². The first-order chi connectivity index (χ1) is 13.3. The van der Waals surface area contributed by atoms with Crippen LogP contribution in [0, 0.1) is 0 Å². The molecule has 0 aliphatic heterocycles. The van der Waals surface area contributed by atoms with E-state index in [1.807, 2.05) is 49.4 Å². The molecule has 1 heterocycles. The average Bonchev–Trinajstić information content (AvgIpc) is 3.14. The zero-order chi connectivity index (χ0) is 18.6. The summed E-state index contributed by atoms with van der Waals surface area (Å²) in [5, 5.41) is 11.3. The normalized spacial score (nSPS) is 12.5. The fourth-order valence-electron chi connectivity index (χ4n) is 3.29. The third kappa shape index (κ3) is 3.46. The van der Waals surface area contributed by atoms with Gasteiger partial charge in [0.1, 0.15) is 11.4 Å². The minimum absolute atomic E-state index is 0.287. The molecule has 4 rings (SSSR count). The molecule has 0 fully saturated rings. The predicted molar refractivity (Wildman–Crippen MR) is 104 cm³/mol. The number of hydrazone groups is 1. The maximum Gasteiger partial charge on any atom is 0.289 e. The topological polar surface area (TPSA) is 79.4 Å². The van der Waals surface area contributed by atoms with Gasteiger partial charge >= 0.3 is 0 Å². The summed E-state index contributed by atoms with van der Waals surface area (Å²) < 4.78 is 5.41. The molecule has 0 spiro atoms. The quantitative estimate of drug-likeness (QED) is 0.541. The molecule has 1 aliphatic carbocycles. The summed E-state index contributed by atoms with van der Waals surface area (Å²) in [6.07, 6.45) is 3.29. The molecule has 6 nitrogen and oxygen atoms in total. The first kappa shape index (κ1) is 17.0. The van der Waals surface area contributed by atoms with Gasteiger partial charge in [0, 0.05) is 11.1 Å². The maximum atomic E-state index is 12.5. The predicted octanol–water partition coefficient (Wildman–Crippen LogP) is 3.34. The Kier molecular flexibility index (Phi) is 4.70. The second-order valence-electron chi connectivity index (χ2n) is 6.28. The molecule has 2 aromatic carbocycles. The van der Waals surface area contributed by atoms with Gasteiger partial charge < -0.3 is 4.74 Å². The van der Waals surface area contributed by atoms with Crippen LogP contribution < -0.4 is 10.2 Å². The first-order valence-corrected chi connectivity index (χ1v) is 8.98. The lowest BCUT2D eigenvalue weighted by Gasteiger charge is -2.15. The van der Waals surface area contributed by atoms with Gasteiger partial charge in [0.25, 0.3) is 5.91 Å². The molecular formula is C21H20N4O2. The minimum Gasteiger partial charge on any atom is -0.494 e. The number of aromatic amines is 1. The zero-order valence-electron chi connectivity index (χ0n) is 15.0. The Morgan fingerprint density at radius 3 is 2.85 bits per heavy atom. The van der Waals surface area contributed by atoms with Crippen molar-refractivity contribution in [2.45, 2.75) is 19.8 Å². The zero-order valence-corrected chi connectivity index (χ0v) is 15.0. The SMILES string of the molecule is CCOc1ccc(/C=N/NC(=O)c2[nH]nc3c2CCc2ccccc2-3)cc1. The second-order valence-corrected chi connectivity index (χ2v) is 6.28. The molecule has 0 atom stereocenters. The standard InChI is InChI=1S/C21H20N4O2/c1-2-27-16-10-7-14(8-11-16)13-22-25-21(26)20-18-12-9-15-5-3-4-6-17(15)19(18)23-24-20/h3-8,10-11,13H,2,9,12H2,1H3,(H,23,24)(H,25,26)/b22-13+. The van der Waals surface area contributed by atoms with Crippen molar-refractivity contribution in [3.8, 4) is 17.0 Å². The summed E-state index contributed by atoms with van der Waals surface area (Å²) in [4.78, 5) is 12.5. The fraction of sp³-hybridized carbons (Fsp3) is 0.190. The van der Waals surface area contributed by atoms with Gasteiger partial charge in [-0.05, 0) is 55.2 Å². The monoisotopic (exact) mass is 360 g/mol. The van der Waals surface area contributed by atoms with Crippen LogP contribution in [0.1, 0.15) is 34.1 Å². The Morgan fingerprint density at radius 1 is 1.22 bits per heavy atom. The van der Waals surface area contributed by atoms with Crippen LogP contribution >= 0.6 is 0 Å². The number of benzene rings is 2. The molecule has 3 aromatic rings. The number of nitrogens with one attached hydrogen (secondary N) is 2. The highest BCUT2D eigenvalue weighted by Gasteiger charge is 2.24. The molecule has 0 bridgehead atoms. The van der Waals surface area contributed by atoms with E-state index in [-0.39, 0.29) is 5.91 Å². The van der Waals surface area contributed by atoms with E-state index in [0.717, 1.165) is 41.0 Å². The Morgan fingerprint density at radius 2 is 2.04 bits per heavy atom. The van der Waals surface area contributed by atoms with Crippen LogP contribution in [-0.2, 0) is 12.8 Å². The molecule has 1 aromatic heterocycles. The van der Waals surface area contributed by atoms with Crippen molar-refractivity contribution in [3.63, 3.8) is 0 Å². The molecule has 6 heteroatoms. The third-order valence-corrected chi connectivity index (χ3v) is 4.58. The second kappa shape index (κ2) is 7.45. The summed E-state index contributed by atoms with van der Waals surface area (Å²) in [6, 6.07) is 15.7. The number of hydrogen-bond donors (Lipinski definition) is 2. The lowest BCUT2D eigenvalue weighted by molar-refractivity contribution is 0.0949. The average molecular weight is 360 g/mol. The van der Waals surface area contributed by atoms with Crippen LogP contribution in [0.4, 0.5) is 0 Å². The molecule has 27 heavy (non-hydrogen) atoms. The van der Waals surface area contributed by atoms with E-state index in [0.29, 0.717) is 12.3 Å². The van der Waals surface area contributed by atoms with Crippen molar-refractivity contribution in [3.05, 3.63) is 70.9 Å². The number of carbonyl (C=O) groups is 1. The van der Waals surface area contributed by atoms with E-state index in [1.54, 1.807) is 6.21 Å². The van der Waals surface area contributed by atoms with Crippen LogP contribution in [0.2, 0.25) is 0 Å². The minimum atomic E-state index is -0.287. The number of carbonyl (C=O) groups excluding carboxylic acids is 1. The Balaban J connectivity index is 1.46. The highest BCUT2D eigenvalue weighted by atomic mass is 16.5. The summed E-state index contributed by atoms with van der Waals surface area (Å²) in [5.41, 5.74) is 8.08. The van der Waals surface area contributed by atoms with Gasteiger partial charge in [0.2, 0.25) is 0 Å². The van der Waals surface area contributed by atoms with Crippen LogP contribution in [0.3, 0.4) is 0 Å². The van der Waals surface area contributed by atoms with Crippen molar-refractivity contribution in [2.75, 3.05) is 6.61 Å². The number of aryl methyl sites for hydroxylation is 1. The number of fused-ring (bicyclic) bond motifs is 3. The summed E-state index contributed by atoms with van der Waals surface area (Å²) in [6.45, 7) is 2.57. The van der Waals surface area contributed by atoms with Crippen LogP contribution in [0.15, 0.2) is 53.6 Å². The lowest BCUT2D eigenvalue weighted by atomic mass is 9.89. The van der Waals surface area contributed by atoms with Gasteiger partial charge in [-0.15, -0.1) is 0 Å². The summed E-state index contributed by atoms with van der Waals surface area (Å²) in [7, 11) is 0. The van der Waals surface area contributed by atoms with E-state index in [4.69, 9.17) is 4.74 Å². The van der Waals surface area contributed by atoms with E-state index < -0.39 is 0 Å². The smallest absolute Gasteiger partial charge is 0.289 e. The molecule has 0 radical (unpaired) electrons. The Hall–Kier alpha value is -3.41. The fourth-order valence-corrected chi connectivity index (χ4v) is 3.29.